The number of halogens is 2. The van der Waals surface area contributed by atoms with Gasteiger partial charge in [-0.05, 0) is 46.7 Å². The Morgan fingerprint density at radius 2 is 1.94 bits per heavy atom. The van der Waals surface area contributed by atoms with Crippen LogP contribution < -0.4 is 11.1 Å². The van der Waals surface area contributed by atoms with E-state index in [0.717, 1.165) is 27.5 Å². The van der Waals surface area contributed by atoms with Crippen molar-refractivity contribution in [3.63, 3.8) is 0 Å². The van der Waals surface area contributed by atoms with Crippen molar-refractivity contribution in [2.24, 2.45) is 0 Å². The summed E-state index contributed by atoms with van der Waals surface area (Å²) in [4.78, 5) is 8.12. The molecule has 0 atom stereocenters. The lowest BCUT2D eigenvalue weighted by Crippen LogP contribution is -2.08. The van der Waals surface area contributed by atoms with Crippen molar-refractivity contribution in [1.82, 2.24) is 9.97 Å². The van der Waals surface area contributed by atoms with Crippen molar-refractivity contribution in [1.29, 1.82) is 0 Å². The van der Waals surface area contributed by atoms with Gasteiger partial charge in [-0.25, -0.2) is 4.98 Å². The minimum absolute atomic E-state index is 0.288. The predicted octanol–water partition coefficient (Wildman–Crippen LogP) is 2.97. The van der Waals surface area contributed by atoms with Gasteiger partial charge in [0.15, 0.2) is 0 Å². The number of nitrogens with two attached hydrogens (primary N) is 1. The Morgan fingerprint density at radius 1 is 1.22 bits per heavy atom. The van der Waals surface area contributed by atoms with Crippen molar-refractivity contribution in [3.05, 3.63) is 44.6 Å². The van der Waals surface area contributed by atoms with Gasteiger partial charge in [0.05, 0.1) is 0 Å². The topological polar surface area (TPSA) is 63.8 Å². The van der Waals surface area contributed by atoms with E-state index in [1.165, 1.54) is 5.56 Å². The van der Waals surface area contributed by atoms with Crippen LogP contribution in [0.2, 0.25) is 5.02 Å². The maximum Gasteiger partial charge on any atom is 0.222 e. The zero-order valence-electron chi connectivity index (χ0n) is 9.53. The zero-order valence-corrected chi connectivity index (χ0v) is 12.4. The number of benzene rings is 1. The van der Waals surface area contributed by atoms with Crippen LogP contribution in [-0.4, -0.2) is 16.5 Å². The molecular formula is C12H12ClIN4. The van der Waals surface area contributed by atoms with Crippen molar-refractivity contribution in [3.8, 4) is 0 Å². The Morgan fingerprint density at radius 3 is 2.61 bits per heavy atom. The van der Waals surface area contributed by atoms with Crippen LogP contribution in [0.5, 0.6) is 0 Å². The van der Waals surface area contributed by atoms with Crippen LogP contribution in [0.3, 0.4) is 0 Å². The largest absolute Gasteiger partial charge is 0.370 e. The fourth-order valence-corrected chi connectivity index (χ4v) is 2.18. The van der Waals surface area contributed by atoms with Gasteiger partial charge in [0.2, 0.25) is 5.95 Å². The highest BCUT2D eigenvalue weighted by molar-refractivity contribution is 14.1. The third-order valence-corrected chi connectivity index (χ3v) is 3.15. The summed E-state index contributed by atoms with van der Waals surface area (Å²) < 4.78 is 0.828. The number of nitrogens with one attached hydrogen (secondary N) is 1. The molecule has 0 aliphatic rings. The molecule has 4 nitrogen and oxygen atoms in total. The lowest BCUT2D eigenvalue weighted by Gasteiger charge is -2.06. The molecule has 0 amide bonds. The molecule has 3 N–H and O–H groups in total. The molecule has 0 saturated heterocycles. The van der Waals surface area contributed by atoms with Crippen LogP contribution >= 0.6 is 34.2 Å². The maximum absolute atomic E-state index is 5.83. The van der Waals surface area contributed by atoms with Gasteiger partial charge in [-0.15, -0.1) is 0 Å². The van der Waals surface area contributed by atoms with Crippen LogP contribution in [0.25, 0.3) is 0 Å². The van der Waals surface area contributed by atoms with Crippen molar-refractivity contribution < 1.29 is 0 Å². The fraction of sp³-hybridized carbons (Fsp3) is 0.167. The number of anilines is 2. The van der Waals surface area contributed by atoms with Gasteiger partial charge in [-0.1, -0.05) is 23.7 Å². The first-order chi connectivity index (χ1) is 8.63. The first-order valence-electron chi connectivity index (χ1n) is 5.42. The highest BCUT2D eigenvalue weighted by Crippen LogP contribution is 2.12. The van der Waals surface area contributed by atoms with Crippen LogP contribution in [0.1, 0.15) is 5.56 Å². The SMILES string of the molecule is Nc1nc(I)cc(NCCc2ccc(Cl)cc2)n1. The second kappa shape index (κ2) is 6.19. The number of nitrogens with zero attached hydrogens (tertiary/aromatic N) is 2. The van der Waals surface area contributed by atoms with Gasteiger partial charge in [-0.2, -0.15) is 4.98 Å². The molecule has 0 radical (unpaired) electrons. The summed E-state index contributed by atoms with van der Waals surface area (Å²) in [5, 5.41) is 3.97. The fourth-order valence-electron chi connectivity index (χ4n) is 1.51. The lowest BCUT2D eigenvalue weighted by molar-refractivity contribution is 0.999. The first-order valence-corrected chi connectivity index (χ1v) is 6.87. The molecule has 2 rings (SSSR count). The van der Waals surface area contributed by atoms with E-state index in [0.29, 0.717) is 0 Å². The summed E-state index contributed by atoms with van der Waals surface area (Å²) in [7, 11) is 0. The Balaban J connectivity index is 1.90. The van der Waals surface area contributed by atoms with E-state index in [2.05, 4.69) is 37.9 Å². The molecule has 0 unspecified atom stereocenters. The summed E-state index contributed by atoms with van der Waals surface area (Å²) in [6.45, 7) is 0.786. The minimum atomic E-state index is 0.288. The second-order valence-electron chi connectivity index (χ2n) is 3.74. The Kier molecular flexibility index (Phi) is 4.60. The molecule has 0 fully saturated rings. The summed E-state index contributed by atoms with van der Waals surface area (Å²) in [6, 6.07) is 9.67. The second-order valence-corrected chi connectivity index (χ2v) is 5.28. The van der Waals surface area contributed by atoms with Gasteiger partial charge in [-0.3, -0.25) is 0 Å². The van der Waals surface area contributed by atoms with E-state index in [1.807, 2.05) is 30.3 Å². The third-order valence-electron chi connectivity index (χ3n) is 2.35. The van der Waals surface area contributed by atoms with Crippen LogP contribution in [0.4, 0.5) is 11.8 Å². The molecule has 0 aliphatic heterocycles. The number of hydrogen-bond acceptors (Lipinski definition) is 4. The van der Waals surface area contributed by atoms with Crippen molar-refractivity contribution in [2.75, 3.05) is 17.6 Å². The van der Waals surface area contributed by atoms with Crippen LogP contribution in [0.15, 0.2) is 30.3 Å². The number of nitrogen functional groups attached to an aromatic ring is 1. The molecule has 1 aromatic carbocycles. The Labute approximate surface area is 124 Å². The quantitative estimate of drug-likeness (QED) is 0.638. The average molecular weight is 375 g/mol. The molecular weight excluding hydrogens is 363 g/mol. The molecule has 0 spiro atoms. The van der Waals surface area contributed by atoms with Gasteiger partial charge < -0.3 is 11.1 Å². The number of rotatable bonds is 4. The van der Waals surface area contributed by atoms with Gasteiger partial charge >= 0.3 is 0 Å². The summed E-state index contributed by atoms with van der Waals surface area (Å²) in [6.07, 6.45) is 0.900. The van der Waals surface area contributed by atoms with Crippen molar-refractivity contribution in [2.45, 2.75) is 6.42 Å². The van der Waals surface area contributed by atoms with Gasteiger partial charge in [0, 0.05) is 17.6 Å². The third kappa shape index (κ3) is 3.99. The van der Waals surface area contributed by atoms with E-state index in [1.54, 1.807) is 0 Å². The highest BCUT2D eigenvalue weighted by Gasteiger charge is 1.99. The van der Waals surface area contributed by atoms with Gasteiger partial charge in [0.1, 0.15) is 9.52 Å². The minimum Gasteiger partial charge on any atom is -0.370 e. The van der Waals surface area contributed by atoms with Gasteiger partial charge in [0.25, 0.3) is 0 Å². The molecule has 18 heavy (non-hydrogen) atoms. The zero-order chi connectivity index (χ0) is 13.0. The monoisotopic (exact) mass is 374 g/mol. The van der Waals surface area contributed by atoms with E-state index in [4.69, 9.17) is 17.3 Å². The molecule has 2 aromatic rings. The number of hydrogen-bond donors (Lipinski definition) is 2. The normalized spacial score (nSPS) is 10.3. The number of aromatic nitrogens is 2. The molecule has 1 heterocycles. The van der Waals surface area contributed by atoms with Crippen LogP contribution in [0, 0.1) is 3.70 Å². The lowest BCUT2D eigenvalue weighted by atomic mass is 10.1. The molecule has 1 aromatic heterocycles. The predicted molar refractivity (Wildman–Crippen MR) is 82.8 cm³/mol. The molecule has 0 saturated carbocycles. The summed E-state index contributed by atoms with van der Waals surface area (Å²) in [5.74, 6) is 1.04. The maximum atomic E-state index is 5.83. The molecule has 94 valence electrons. The van der Waals surface area contributed by atoms with Crippen LogP contribution in [-0.2, 0) is 6.42 Å². The summed E-state index contributed by atoms with van der Waals surface area (Å²) >= 11 is 7.94. The first kappa shape index (κ1) is 13.4. The van der Waals surface area contributed by atoms with E-state index in [9.17, 15) is 0 Å². The van der Waals surface area contributed by atoms with E-state index >= 15 is 0 Å². The Hall–Kier alpha value is -1.08. The standard InChI is InChI=1S/C12H12ClIN4/c13-9-3-1-8(2-4-9)5-6-16-11-7-10(14)17-12(15)18-11/h1-4,7H,5-6H2,(H3,15,16,17,18). The average Bonchev–Trinajstić information content (AvgIpc) is 2.30. The molecule has 0 bridgehead atoms. The van der Waals surface area contributed by atoms with E-state index in [-0.39, 0.29) is 5.95 Å². The molecule has 6 heteroatoms. The smallest absolute Gasteiger partial charge is 0.222 e. The molecule has 0 aliphatic carbocycles. The van der Waals surface area contributed by atoms with Crippen molar-refractivity contribution >= 4 is 46.0 Å². The highest BCUT2D eigenvalue weighted by atomic mass is 127. The Bertz CT molecular complexity index is 510. The summed E-state index contributed by atoms with van der Waals surface area (Å²) in [5.41, 5.74) is 6.80. The van der Waals surface area contributed by atoms with E-state index < -0.39 is 0 Å².